The van der Waals surface area contributed by atoms with Crippen LogP contribution in [-0.2, 0) is 4.79 Å². The topological polar surface area (TPSA) is 82.2 Å². The molecule has 0 bridgehead atoms. The fourth-order valence-corrected chi connectivity index (χ4v) is 2.53. The highest BCUT2D eigenvalue weighted by Gasteiger charge is 2.22. The molecule has 0 aliphatic heterocycles. The molecule has 2 rings (SSSR count). The summed E-state index contributed by atoms with van der Waals surface area (Å²) in [5.41, 5.74) is 1.19. The average molecular weight is 353 g/mol. The van der Waals surface area contributed by atoms with Gasteiger partial charge in [-0.25, -0.2) is 4.79 Å². The first-order chi connectivity index (χ1) is 9.86. The lowest BCUT2D eigenvalue weighted by Gasteiger charge is -2.15. The number of carboxylic acids is 1. The van der Waals surface area contributed by atoms with Crippen LogP contribution in [0.4, 0.5) is 0 Å². The fraction of sp³-hybridized carbons (Fsp3) is 0.333. The standard InChI is InChI=1S/C15H17BrN2O3/c1-8(2)5-13(15(20)21)18-14(19)12-7-9-6-10(16)3-4-11(9)17-12/h3-4,6-8,13,17H,5H2,1-2H3,(H,18,19)(H,20,21). The Hall–Kier alpha value is -1.82. The van der Waals surface area contributed by atoms with Gasteiger partial charge < -0.3 is 15.4 Å². The zero-order chi connectivity index (χ0) is 15.6. The quantitative estimate of drug-likeness (QED) is 0.772. The summed E-state index contributed by atoms with van der Waals surface area (Å²) in [7, 11) is 0. The molecule has 0 saturated heterocycles. The molecule has 3 N–H and O–H groups in total. The molecule has 5 nitrogen and oxygen atoms in total. The van der Waals surface area contributed by atoms with Gasteiger partial charge >= 0.3 is 5.97 Å². The van der Waals surface area contributed by atoms with Crippen LogP contribution in [0, 0.1) is 5.92 Å². The smallest absolute Gasteiger partial charge is 0.326 e. The molecule has 1 aromatic heterocycles. The summed E-state index contributed by atoms with van der Waals surface area (Å²) in [5.74, 6) is -1.24. The molecule has 1 heterocycles. The Kier molecular flexibility index (Phi) is 4.67. The molecule has 1 unspecified atom stereocenters. The van der Waals surface area contributed by atoms with Gasteiger partial charge in [0.15, 0.2) is 0 Å². The Morgan fingerprint density at radius 2 is 2.05 bits per heavy atom. The Bertz CT molecular complexity index is 679. The Balaban J connectivity index is 2.19. The molecular formula is C15H17BrN2O3. The summed E-state index contributed by atoms with van der Waals surface area (Å²) in [4.78, 5) is 26.4. The lowest BCUT2D eigenvalue weighted by molar-refractivity contribution is -0.139. The Morgan fingerprint density at radius 1 is 1.33 bits per heavy atom. The molecule has 0 aliphatic rings. The molecule has 0 radical (unpaired) electrons. The number of hydrogen-bond acceptors (Lipinski definition) is 2. The van der Waals surface area contributed by atoms with Gasteiger partial charge in [0.2, 0.25) is 0 Å². The number of H-pyrrole nitrogens is 1. The maximum absolute atomic E-state index is 12.2. The largest absolute Gasteiger partial charge is 0.480 e. The molecule has 0 fully saturated rings. The van der Waals surface area contributed by atoms with Gasteiger partial charge in [-0.1, -0.05) is 29.8 Å². The third-order valence-corrected chi connectivity index (χ3v) is 3.63. The lowest BCUT2D eigenvalue weighted by Crippen LogP contribution is -2.41. The summed E-state index contributed by atoms with van der Waals surface area (Å²) < 4.78 is 0.921. The summed E-state index contributed by atoms with van der Waals surface area (Å²) in [6, 6.07) is 6.46. The number of nitrogens with one attached hydrogen (secondary N) is 2. The van der Waals surface area contributed by atoms with Crippen molar-refractivity contribution in [3.8, 4) is 0 Å². The highest BCUT2D eigenvalue weighted by atomic mass is 79.9. The fourth-order valence-electron chi connectivity index (χ4n) is 2.15. The molecule has 112 valence electrons. The number of aliphatic carboxylic acids is 1. The van der Waals surface area contributed by atoms with Crippen LogP contribution in [0.15, 0.2) is 28.7 Å². The monoisotopic (exact) mass is 352 g/mol. The van der Waals surface area contributed by atoms with Gasteiger partial charge in [-0.05, 0) is 36.6 Å². The number of amides is 1. The highest BCUT2D eigenvalue weighted by Crippen LogP contribution is 2.20. The van der Waals surface area contributed by atoms with Crippen molar-refractivity contribution in [2.24, 2.45) is 5.92 Å². The third-order valence-electron chi connectivity index (χ3n) is 3.14. The summed E-state index contributed by atoms with van der Waals surface area (Å²) in [6.45, 7) is 3.84. The van der Waals surface area contributed by atoms with Crippen LogP contribution < -0.4 is 5.32 Å². The molecule has 2 aromatic rings. The minimum atomic E-state index is -1.02. The molecule has 21 heavy (non-hydrogen) atoms. The number of carbonyl (C=O) groups excluding carboxylic acids is 1. The number of halogens is 1. The predicted octanol–water partition coefficient (Wildman–Crippen LogP) is 3.16. The van der Waals surface area contributed by atoms with E-state index in [1.807, 2.05) is 32.0 Å². The highest BCUT2D eigenvalue weighted by molar-refractivity contribution is 9.10. The van der Waals surface area contributed by atoms with E-state index in [4.69, 9.17) is 5.11 Å². The van der Waals surface area contributed by atoms with E-state index in [9.17, 15) is 9.59 Å². The van der Waals surface area contributed by atoms with Crippen molar-refractivity contribution in [1.29, 1.82) is 0 Å². The van der Waals surface area contributed by atoms with E-state index >= 15 is 0 Å². The number of rotatable bonds is 5. The number of hydrogen-bond donors (Lipinski definition) is 3. The molecule has 0 spiro atoms. The minimum Gasteiger partial charge on any atom is -0.480 e. The second-order valence-electron chi connectivity index (χ2n) is 5.41. The van der Waals surface area contributed by atoms with Gasteiger partial charge in [-0.15, -0.1) is 0 Å². The van der Waals surface area contributed by atoms with Crippen LogP contribution >= 0.6 is 15.9 Å². The second kappa shape index (κ2) is 6.30. The van der Waals surface area contributed by atoms with Gasteiger partial charge in [0.05, 0.1) is 0 Å². The van der Waals surface area contributed by atoms with Crippen LogP contribution in [-0.4, -0.2) is 28.0 Å². The number of aromatic amines is 1. The van der Waals surface area contributed by atoms with Crippen molar-refractivity contribution in [3.05, 3.63) is 34.4 Å². The molecule has 1 amide bonds. The van der Waals surface area contributed by atoms with E-state index in [1.165, 1.54) is 0 Å². The molecular weight excluding hydrogens is 336 g/mol. The first-order valence-electron chi connectivity index (χ1n) is 6.68. The van der Waals surface area contributed by atoms with E-state index in [-0.39, 0.29) is 5.92 Å². The molecule has 0 aliphatic carbocycles. The van der Waals surface area contributed by atoms with Gasteiger partial charge in [0, 0.05) is 15.4 Å². The van der Waals surface area contributed by atoms with Crippen molar-refractivity contribution in [2.45, 2.75) is 26.3 Å². The van der Waals surface area contributed by atoms with Crippen LogP contribution in [0.25, 0.3) is 10.9 Å². The summed E-state index contributed by atoms with van der Waals surface area (Å²) in [6.07, 6.45) is 0.396. The van der Waals surface area contributed by atoms with Gasteiger partial charge in [0.1, 0.15) is 11.7 Å². The molecule has 1 atom stereocenters. The van der Waals surface area contributed by atoms with Crippen molar-refractivity contribution >= 4 is 38.7 Å². The maximum Gasteiger partial charge on any atom is 0.326 e. The van der Waals surface area contributed by atoms with Crippen LogP contribution in [0.1, 0.15) is 30.8 Å². The number of fused-ring (bicyclic) bond motifs is 1. The predicted molar refractivity (Wildman–Crippen MR) is 84.3 cm³/mol. The zero-order valence-corrected chi connectivity index (χ0v) is 13.4. The average Bonchev–Trinajstić information content (AvgIpc) is 2.80. The van der Waals surface area contributed by atoms with Gasteiger partial charge in [0.25, 0.3) is 5.91 Å². The number of benzene rings is 1. The van der Waals surface area contributed by atoms with Crippen molar-refractivity contribution < 1.29 is 14.7 Å². The lowest BCUT2D eigenvalue weighted by atomic mass is 10.0. The SMILES string of the molecule is CC(C)CC(NC(=O)c1cc2cc(Br)ccc2[nH]1)C(=O)O. The number of carboxylic acid groups (broad SMARTS) is 1. The maximum atomic E-state index is 12.2. The van der Waals surface area contributed by atoms with Crippen LogP contribution in [0.2, 0.25) is 0 Å². The van der Waals surface area contributed by atoms with Gasteiger partial charge in [-0.3, -0.25) is 4.79 Å². The number of carbonyl (C=O) groups is 2. The normalized spacial score (nSPS) is 12.6. The van der Waals surface area contributed by atoms with E-state index in [2.05, 4.69) is 26.2 Å². The Labute approximate surface area is 130 Å². The molecule has 1 aromatic carbocycles. The Morgan fingerprint density at radius 3 is 2.67 bits per heavy atom. The second-order valence-corrected chi connectivity index (χ2v) is 6.32. The van der Waals surface area contributed by atoms with Crippen molar-refractivity contribution in [3.63, 3.8) is 0 Å². The van der Waals surface area contributed by atoms with Gasteiger partial charge in [-0.2, -0.15) is 0 Å². The summed E-state index contributed by atoms with van der Waals surface area (Å²) >= 11 is 3.37. The van der Waals surface area contributed by atoms with E-state index in [1.54, 1.807) is 6.07 Å². The van der Waals surface area contributed by atoms with Crippen LogP contribution in [0.5, 0.6) is 0 Å². The first-order valence-corrected chi connectivity index (χ1v) is 7.48. The minimum absolute atomic E-state index is 0.185. The van der Waals surface area contributed by atoms with E-state index in [0.29, 0.717) is 12.1 Å². The first kappa shape index (κ1) is 15.6. The van der Waals surface area contributed by atoms with E-state index < -0.39 is 17.9 Å². The number of aromatic nitrogens is 1. The van der Waals surface area contributed by atoms with Crippen molar-refractivity contribution in [1.82, 2.24) is 10.3 Å². The van der Waals surface area contributed by atoms with Crippen molar-refractivity contribution in [2.75, 3.05) is 0 Å². The van der Waals surface area contributed by atoms with E-state index in [0.717, 1.165) is 15.4 Å². The molecule has 6 heteroatoms. The summed E-state index contributed by atoms with van der Waals surface area (Å²) in [5, 5.41) is 12.6. The third kappa shape index (κ3) is 3.85. The zero-order valence-electron chi connectivity index (χ0n) is 11.8. The van der Waals surface area contributed by atoms with Crippen LogP contribution in [0.3, 0.4) is 0 Å². The molecule has 0 saturated carbocycles.